The number of halogens is 4. The molecule has 0 aliphatic rings. The molecule has 3 N–H and O–H groups in total. The van der Waals surface area contributed by atoms with Gasteiger partial charge in [-0.05, 0) is 35.9 Å². The fraction of sp³-hybridized carbons (Fsp3) is 0.214. The normalized spacial score (nSPS) is 13.2. The van der Waals surface area contributed by atoms with Crippen molar-refractivity contribution < 1.29 is 17.6 Å². The minimum absolute atomic E-state index is 0.115. The molecular formula is C14H13F4N3. The molecular weight excluding hydrogens is 286 g/mol. The summed E-state index contributed by atoms with van der Waals surface area (Å²) in [4.78, 5) is 4.04. The van der Waals surface area contributed by atoms with E-state index in [2.05, 4.69) is 10.4 Å². The summed E-state index contributed by atoms with van der Waals surface area (Å²) in [7, 11) is 0. The second-order valence-corrected chi connectivity index (χ2v) is 4.47. The number of hydrazine groups is 1. The SMILES string of the molecule is NNC(Cc1ccccn1)c1cc(F)ccc1C(F)(F)F. The number of benzene rings is 1. The lowest BCUT2D eigenvalue weighted by Crippen LogP contribution is -2.31. The van der Waals surface area contributed by atoms with Gasteiger partial charge in [0.2, 0.25) is 0 Å². The lowest BCUT2D eigenvalue weighted by molar-refractivity contribution is -0.138. The van der Waals surface area contributed by atoms with Gasteiger partial charge in [0.1, 0.15) is 5.82 Å². The number of hydrogen-bond donors (Lipinski definition) is 2. The molecule has 0 saturated carbocycles. The highest BCUT2D eigenvalue weighted by atomic mass is 19.4. The van der Waals surface area contributed by atoms with Crippen molar-refractivity contribution in [2.75, 3.05) is 0 Å². The number of nitrogens with two attached hydrogens (primary N) is 1. The molecule has 0 fully saturated rings. The molecule has 0 amide bonds. The molecule has 0 saturated heterocycles. The first-order valence-electron chi connectivity index (χ1n) is 6.14. The molecule has 3 nitrogen and oxygen atoms in total. The Hall–Kier alpha value is -1.99. The number of hydrogen-bond acceptors (Lipinski definition) is 3. The highest BCUT2D eigenvalue weighted by Crippen LogP contribution is 2.35. The summed E-state index contributed by atoms with van der Waals surface area (Å²) in [6, 6.07) is 6.51. The summed E-state index contributed by atoms with van der Waals surface area (Å²) >= 11 is 0. The summed E-state index contributed by atoms with van der Waals surface area (Å²) < 4.78 is 52.3. The van der Waals surface area contributed by atoms with Crippen molar-refractivity contribution >= 4 is 0 Å². The molecule has 1 aromatic carbocycles. The van der Waals surface area contributed by atoms with Crippen molar-refractivity contribution in [3.05, 3.63) is 65.2 Å². The van der Waals surface area contributed by atoms with Crippen molar-refractivity contribution in [1.82, 2.24) is 10.4 Å². The van der Waals surface area contributed by atoms with Crippen molar-refractivity contribution in [2.45, 2.75) is 18.6 Å². The number of pyridine rings is 1. The molecule has 0 spiro atoms. The summed E-state index contributed by atoms with van der Waals surface area (Å²) in [5.41, 5.74) is 1.70. The van der Waals surface area contributed by atoms with E-state index < -0.39 is 23.6 Å². The number of nitrogens with one attached hydrogen (secondary N) is 1. The van der Waals surface area contributed by atoms with E-state index in [9.17, 15) is 17.6 Å². The maximum absolute atomic E-state index is 13.3. The molecule has 1 unspecified atom stereocenters. The maximum atomic E-state index is 13.3. The van der Waals surface area contributed by atoms with Gasteiger partial charge in [0.05, 0.1) is 11.6 Å². The van der Waals surface area contributed by atoms with E-state index in [1.807, 2.05) is 0 Å². The minimum atomic E-state index is -4.58. The molecule has 0 radical (unpaired) electrons. The topological polar surface area (TPSA) is 50.9 Å². The molecule has 1 aromatic heterocycles. The first-order valence-corrected chi connectivity index (χ1v) is 6.14. The number of nitrogens with zero attached hydrogens (tertiary/aromatic N) is 1. The summed E-state index contributed by atoms with van der Waals surface area (Å²) in [5.74, 6) is 4.60. The van der Waals surface area contributed by atoms with Crippen LogP contribution in [0.2, 0.25) is 0 Å². The molecule has 1 atom stereocenters. The number of aromatic nitrogens is 1. The first kappa shape index (κ1) is 15.4. The Kier molecular flexibility index (Phi) is 4.54. The van der Waals surface area contributed by atoms with Crippen LogP contribution in [0, 0.1) is 5.82 Å². The van der Waals surface area contributed by atoms with Crippen molar-refractivity contribution in [3.63, 3.8) is 0 Å². The fourth-order valence-electron chi connectivity index (χ4n) is 2.07. The molecule has 2 rings (SSSR count). The van der Waals surface area contributed by atoms with E-state index in [-0.39, 0.29) is 12.0 Å². The zero-order chi connectivity index (χ0) is 15.5. The van der Waals surface area contributed by atoms with E-state index in [0.29, 0.717) is 11.8 Å². The Labute approximate surface area is 118 Å². The predicted octanol–water partition coefficient (Wildman–Crippen LogP) is 2.99. The summed E-state index contributed by atoms with van der Waals surface area (Å²) in [6.07, 6.45) is -2.94. The van der Waals surface area contributed by atoms with Gasteiger partial charge in [-0.15, -0.1) is 0 Å². The third-order valence-electron chi connectivity index (χ3n) is 3.04. The maximum Gasteiger partial charge on any atom is 0.416 e. The number of rotatable bonds is 4. The van der Waals surface area contributed by atoms with Gasteiger partial charge in [0.25, 0.3) is 0 Å². The molecule has 0 aliphatic heterocycles. The van der Waals surface area contributed by atoms with Gasteiger partial charge < -0.3 is 0 Å². The molecule has 112 valence electrons. The molecule has 0 bridgehead atoms. The van der Waals surface area contributed by atoms with Crippen LogP contribution < -0.4 is 11.3 Å². The second-order valence-electron chi connectivity index (χ2n) is 4.47. The van der Waals surface area contributed by atoms with Crippen LogP contribution in [0.15, 0.2) is 42.6 Å². The average Bonchev–Trinajstić information content (AvgIpc) is 2.44. The van der Waals surface area contributed by atoms with Gasteiger partial charge in [-0.1, -0.05) is 6.07 Å². The molecule has 1 heterocycles. The molecule has 21 heavy (non-hydrogen) atoms. The van der Waals surface area contributed by atoms with Crippen LogP contribution in [0.3, 0.4) is 0 Å². The third kappa shape index (κ3) is 3.77. The lowest BCUT2D eigenvalue weighted by Gasteiger charge is -2.21. The van der Waals surface area contributed by atoms with E-state index in [0.717, 1.165) is 12.1 Å². The van der Waals surface area contributed by atoms with Gasteiger partial charge in [0.15, 0.2) is 0 Å². The van der Waals surface area contributed by atoms with Gasteiger partial charge in [-0.25, -0.2) is 4.39 Å². The lowest BCUT2D eigenvalue weighted by atomic mass is 9.96. The summed E-state index contributed by atoms with van der Waals surface area (Å²) in [5, 5.41) is 0. The highest BCUT2D eigenvalue weighted by molar-refractivity contribution is 5.34. The van der Waals surface area contributed by atoms with E-state index in [1.54, 1.807) is 18.2 Å². The van der Waals surface area contributed by atoms with Gasteiger partial charge in [0, 0.05) is 18.3 Å². The zero-order valence-corrected chi connectivity index (χ0v) is 10.9. The second kappa shape index (κ2) is 6.19. The van der Waals surface area contributed by atoms with E-state index in [1.165, 1.54) is 6.20 Å². The largest absolute Gasteiger partial charge is 0.416 e. The smallest absolute Gasteiger partial charge is 0.271 e. The van der Waals surface area contributed by atoms with Gasteiger partial charge >= 0.3 is 6.18 Å². The van der Waals surface area contributed by atoms with Crippen LogP contribution in [0.5, 0.6) is 0 Å². The Morgan fingerprint density at radius 1 is 1.19 bits per heavy atom. The minimum Gasteiger partial charge on any atom is -0.271 e. The third-order valence-corrected chi connectivity index (χ3v) is 3.04. The quantitative estimate of drug-likeness (QED) is 0.518. The van der Waals surface area contributed by atoms with Crippen molar-refractivity contribution in [2.24, 2.45) is 5.84 Å². The van der Waals surface area contributed by atoms with Crippen LogP contribution in [0.4, 0.5) is 17.6 Å². The zero-order valence-electron chi connectivity index (χ0n) is 10.9. The Balaban J connectivity index is 2.40. The van der Waals surface area contributed by atoms with E-state index >= 15 is 0 Å². The van der Waals surface area contributed by atoms with E-state index in [4.69, 9.17) is 5.84 Å². The number of alkyl halides is 3. The summed E-state index contributed by atoms with van der Waals surface area (Å²) in [6.45, 7) is 0. The predicted molar refractivity (Wildman–Crippen MR) is 69.4 cm³/mol. The molecule has 7 heteroatoms. The first-order chi connectivity index (χ1) is 9.91. The van der Waals surface area contributed by atoms with Crippen LogP contribution >= 0.6 is 0 Å². The standard InChI is InChI=1S/C14H13F4N3/c15-9-4-5-12(14(16,17)18)11(7-9)13(21-19)8-10-3-1-2-6-20-10/h1-7,13,21H,8,19H2. The van der Waals surface area contributed by atoms with Crippen LogP contribution in [0.1, 0.15) is 22.9 Å². The highest BCUT2D eigenvalue weighted by Gasteiger charge is 2.35. The molecule has 0 aliphatic carbocycles. The van der Waals surface area contributed by atoms with Crippen LogP contribution in [0.25, 0.3) is 0 Å². The Morgan fingerprint density at radius 2 is 1.95 bits per heavy atom. The fourth-order valence-corrected chi connectivity index (χ4v) is 2.07. The monoisotopic (exact) mass is 299 g/mol. The van der Waals surface area contributed by atoms with Gasteiger partial charge in [-0.2, -0.15) is 13.2 Å². The van der Waals surface area contributed by atoms with Crippen LogP contribution in [-0.2, 0) is 12.6 Å². The van der Waals surface area contributed by atoms with Gasteiger partial charge in [-0.3, -0.25) is 16.3 Å². The molecule has 2 aromatic rings. The average molecular weight is 299 g/mol. The Morgan fingerprint density at radius 3 is 2.52 bits per heavy atom. The van der Waals surface area contributed by atoms with Crippen LogP contribution in [-0.4, -0.2) is 4.98 Å². The Bertz CT molecular complexity index is 599. The van der Waals surface area contributed by atoms with Crippen molar-refractivity contribution in [1.29, 1.82) is 0 Å². The van der Waals surface area contributed by atoms with Crippen molar-refractivity contribution in [3.8, 4) is 0 Å².